The number of benzene rings is 1. The van der Waals surface area contributed by atoms with Crippen molar-refractivity contribution in [3.8, 4) is 5.75 Å². The van der Waals surface area contributed by atoms with Crippen molar-refractivity contribution in [3.05, 3.63) is 18.2 Å². The molecule has 0 radical (unpaired) electrons. The maximum absolute atomic E-state index is 11.9. The fraction of sp³-hybridized carbons (Fsp3) is 0.385. The molecule has 0 aliphatic carbocycles. The average molecular weight is 264 g/mol. The molecule has 102 valence electrons. The maximum atomic E-state index is 11.9. The van der Waals surface area contributed by atoms with Crippen LogP contribution >= 0.6 is 0 Å². The first-order valence-corrected chi connectivity index (χ1v) is 6.06. The predicted molar refractivity (Wildman–Crippen MR) is 70.5 cm³/mol. The molecule has 19 heavy (non-hydrogen) atoms. The molecule has 0 spiro atoms. The Morgan fingerprint density at radius 3 is 3.00 bits per heavy atom. The lowest BCUT2D eigenvalue weighted by Crippen LogP contribution is -2.42. The van der Waals surface area contributed by atoms with Crippen molar-refractivity contribution < 1.29 is 19.1 Å². The van der Waals surface area contributed by atoms with Crippen molar-refractivity contribution in [2.75, 3.05) is 37.0 Å². The van der Waals surface area contributed by atoms with Crippen LogP contribution in [0.3, 0.4) is 0 Å². The highest BCUT2D eigenvalue weighted by Gasteiger charge is 2.27. The summed E-state index contributed by atoms with van der Waals surface area (Å²) in [7, 11) is 1.78. The molecular weight excluding hydrogens is 248 g/mol. The highest BCUT2D eigenvalue weighted by molar-refractivity contribution is 6.01. The molecular formula is C13H16N2O4. The fourth-order valence-corrected chi connectivity index (χ4v) is 1.87. The van der Waals surface area contributed by atoms with E-state index >= 15 is 0 Å². The molecule has 1 aromatic rings. The van der Waals surface area contributed by atoms with Gasteiger partial charge in [-0.05, 0) is 25.1 Å². The van der Waals surface area contributed by atoms with Gasteiger partial charge >= 0.3 is 5.97 Å². The summed E-state index contributed by atoms with van der Waals surface area (Å²) >= 11 is 0. The molecule has 1 aromatic carbocycles. The zero-order chi connectivity index (χ0) is 13.8. The number of nitrogens with zero attached hydrogens (tertiary/aromatic N) is 1. The summed E-state index contributed by atoms with van der Waals surface area (Å²) in [5.41, 5.74) is 1.42. The molecule has 0 bridgehead atoms. The molecule has 0 unspecified atom stereocenters. The monoisotopic (exact) mass is 264 g/mol. The smallest absolute Gasteiger partial charge is 0.326 e. The summed E-state index contributed by atoms with van der Waals surface area (Å²) in [4.78, 5) is 24.8. The summed E-state index contributed by atoms with van der Waals surface area (Å²) in [5.74, 6) is -0.102. The van der Waals surface area contributed by atoms with Crippen molar-refractivity contribution in [3.63, 3.8) is 0 Å². The fourth-order valence-electron chi connectivity index (χ4n) is 1.87. The number of hydrogen-bond donors (Lipinski definition) is 1. The third kappa shape index (κ3) is 2.78. The molecule has 0 saturated heterocycles. The first-order valence-electron chi connectivity index (χ1n) is 6.06. The zero-order valence-electron chi connectivity index (χ0n) is 10.9. The van der Waals surface area contributed by atoms with Crippen LogP contribution in [0.5, 0.6) is 5.75 Å². The van der Waals surface area contributed by atoms with E-state index in [1.165, 1.54) is 4.90 Å². The SMILES string of the molecule is CCOC(=O)CN1C(=O)COc2ccc(NC)cc21. The van der Waals surface area contributed by atoms with Crippen molar-refractivity contribution in [2.24, 2.45) is 0 Å². The van der Waals surface area contributed by atoms with Crippen LogP contribution in [0.4, 0.5) is 11.4 Å². The van der Waals surface area contributed by atoms with E-state index in [0.29, 0.717) is 18.0 Å². The molecule has 0 saturated carbocycles. The van der Waals surface area contributed by atoms with E-state index in [2.05, 4.69) is 5.32 Å². The lowest BCUT2D eigenvalue weighted by atomic mass is 10.2. The van der Waals surface area contributed by atoms with Gasteiger partial charge in [0.1, 0.15) is 12.3 Å². The quantitative estimate of drug-likeness (QED) is 0.822. The van der Waals surface area contributed by atoms with Crippen LogP contribution in [-0.2, 0) is 14.3 Å². The molecule has 1 amide bonds. The highest BCUT2D eigenvalue weighted by Crippen LogP contribution is 2.34. The Labute approximate surface area is 111 Å². The molecule has 0 fully saturated rings. The predicted octanol–water partition coefficient (Wildman–Crippen LogP) is 1.02. The molecule has 1 aliphatic heterocycles. The Kier molecular flexibility index (Phi) is 3.89. The Bertz CT molecular complexity index is 501. The van der Waals surface area contributed by atoms with Gasteiger partial charge in [0, 0.05) is 12.7 Å². The van der Waals surface area contributed by atoms with Crippen LogP contribution < -0.4 is 15.0 Å². The second-order valence-corrected chi connectivity index (χ2v) is 4.01. The van der Waals surface area contributed by atoms with Crippen molar-refractivity contribution in [1.82, 2.24) is 0 Å². The highest BCUT2D eigenvalue weighted by atomic mass is 16.5. The zero-order valence-corrected chi connectivity index (χ0v) is 10.9. The van der Waals surface area contributed by atoms with Gasteiger partial charge in [0.25, 0.3) is 5.91 Å². The number of carbonyl (C=O) groups excluding carboxylic acids is 2. The topological polar surface area (TPSA) is 67.9 Å². The number of rotatable bonds is 4. The van der Waals surface area contributed by atoms with Crippen molar-refractivity contribution in [1.29, 1.82) is 0 Å². The third-order valence-corrected chi connectivity index (χ3v) is 2.78. The number of anilines is 2. The van der Waals surface area contributed by atoms with E-state index in [4.69, 9.17) is 9.47 Å². The first kappa shape index (κ1) is 13.2. The van der Waals surface area contributed by atoms with E-state index < -0.39 is 5.97 Å². The van der Waals surface area contributed by atoms with Crippen LogP contribution in [0.15, 0.2) is 18.2 Å². The standard InChI is InChI=1S/C13H16N2O4/c1-3-18-13(17)7-15-10-6-9(14-2)4-5-11(10)19-8-12(15)16/h4-6,14H,3,7-8H2,1-2H3. The number of hydrogen-bond acceptors (Lipinski definition) is 5. The first-order chi connectivity index (χ1) is 9.15. The summed E-state index contributed by atoms with van der Waals surface area (Å²) in [6, 6.07) is 5.38. The van der Waals surface area contributed by atoms with E-state index in [0.717, 1.165) is 5.69 Å². The van der Waals surface area contributed by atoms with Gasteiger partial charge in [-0.25, -0.2) is 0 Å². The summed E-state index contributed by atoms with van der Waals surface area (Å²) < 4.78 is 10.2. The van der Waals surface area contributed by atoms with E-state index in [-0.39, 0.29) is 19.1 Å². The maximum Gasteiger partial charge on any atom is 0.326 e. The lowest BCUT2D eigenvalue weighted by Gasteiger charge is -2.28. The van der Waals surface area contributed by atoms with Gasteiger partial charge in [0.2, 0.25) is 0 Å². The largest absolute Gasteiger partial charge is 0.482 e. The van der Waals surface area contributed by atoms with Gasteiger partial charge in [-0.2, -0.15) is 0 Å². The van der Waals surface area contributed by atoms with E-state index in [1.807, 2.05) is 6.07 Å². The Hall–Kier alpha value is -2.24. The minimum absolute atomic E-state index is 0.0642. The number of nitrogens with one attached hydrogen (secondary N) is 1. The molecule has 6 nitrogen and oxygen atoms in total. The second-order valence-electron chi connectivity index (χ2n) is 4.01. The van der Waals surface area contributed by atoms with Crippen molar-refractivity contribution in [2.45, 2.75) is 6.92 Å². The van der Waals surface area contributed by atoms with E-state index in [1.54, 1.807) is 26.1 Å². The minimum atomic E-state index is -0.432. The number of amides is 1. The number of fused-ring (bicyclic) bond motifs is 1. The second kappa shape index (κ2) is 5.60. The van der Waals surface area contributed by atoms with Gasteiger partial charge in [-0.1, -0.05) is 0 Å². The van der Waals surface area contributed by atoms with Gasteiger partial charge in [-0.15, -0.1) is 0 Å². The Morgan fingerprint density at radius 2 is 2.32 bits per heavy atom. The van der Waals surface area contributed by atoms with Crippen LogP contribution in [0, 0.1) is 0 Å². The number of esters is 1. The van der Waals surface area contributed by atoms with Crippen LogP contribution in [-0.4, -0.2) is 38.7 Å². The van der Waals surface area contributed by atoms with Gasteiger partial charge in [0.05, 0.1) is 12.3 Å². The summed E-state index contributed by atoms with van der Waals surface area (Å²) in [5, 5.41) is 2.98. The summed E-state index contributed by atoms with van der Waals surface area (Å²) in [6.07, 6.45) is 0. The van der Waals surface area contributed by atoms with Gasteiger partial charge in [0.15, 0.2) is 6.61 Å². The number of carbonyl (C=O) groups is 2. The van der Waals surface area contributed by atoms with Gasteiger partial charge < -0.3 is 14.8 Å². The van der Waals surface area contributed by atoms with Crippen LogP contribution in [0.1, 0.15) is 6.92 Å². The van der Waals surface area contributed by atoms with Crippen molar-refractivity contribution >= 4 is 23.3 Å². The van der Waals surface area contributed by atoms with Crippen LogP contribution in [0.25, 0.3) is 0 Å². The Balaban J connectivity index is 2.28. The normalized spacial score (nSPS) is 13.6. The molecule has 1 aliphatic rings. The lowest BCUT2D eigenvalue weighted by molar-refractivity contribution is -0.142. The van der Waals surface area contributed by atoms with E-state index in [9.17, 15) is 9.59 Å². The number of ether oxygens (including phenoxy) is 2. The summed E-state index contributed by atoms with van der Waals surface area (Å²) in [6.45, 7) is 1.86. The molecule has 6 heteroatoms. The third-order valence-electron chi connectivity index (χ3n) is 2.78. The molecule has 1 N–H and O–H groups in total. The molecule has 1 heterocycles. The average Bonchev–Trinajstić information content (AvgIpc) is 2.42. The van der Waals surface area contributed by atoms with Gasteiger partial charge in [-0.3, -0.25) is 14.5 Å². The molecule has 0 atom stereocenters. The molecule has 0 aromatic heterocycles. The molecule has 2 rings (SSSR count). The minimum Gasteiger partial charge on any atom is -0.482 e. The Morgan fingerprint density at radius 1 is 1.53 bits per heavy atom. The van der Waals surface area contributed by atoms with Crippen LogP contribution in [0.2, 0.25) is 0 Å².